The van der Waals surface area contributed by atoms with E-state index >= 15 is 0 Å². The molecule has 4 amide bonds. The molecule has 1 heterocycles. The summed E-state index contributed by atoms with van der Waals surface area (Å²) in [6.07, 6.45) is 1.51. The molecule has 7 nitrogen and oxygen atoms in total. The van der Waals surface area contributed by atoms with Gasteiger partial charge in [0.15, 0.2) is 0 Å². The Hall–Kier alpha value is -3.42. The van der Waals surface area contributed by atoms with Gasteiger partial charge in [-0.15, -0.1) is 0 Å². The first kappa shape index (κ1) is 23.2. The van der Waals surface area contributed by atoms with Crippen molar-refractivity contribution in [3.05, 3.63) is 65.5 Å². The summed E-state index contributed by atoms with van der Waals surface area (Å²) in [5.74, 6) is -0.950. The predicted molar refractivity (Wildman–Crippen MR) is 121 cm³/mol. The maximum atomic E-state index is 13.1. The Labute approximate surface area is 187 Å². The summed E-state index contributed by atoms with van der Waals surface area (Å²) >= 11 is 0. The SMILES string of the molecule is CC(=O)N[C@@H](Cc1ccc(F)cc1)C(=O)NC1CCN(C(=O)Nc2ccc(C)cc2)CC1. The van der Waals surface area contributed by atoms with Crippen LogP contribution < -0.4 is 16.0 Å². The second-order valence-electron chi connectivity index (χ2n) is 8.15. The van der Waals surface area contributed by atoms with Gasteiger partial charge < -0.3 is 20.9 Å². The summed E-state index contributed by atoms with van der Waals surface area (Å²) in [5, 5.41) is 8.55. The lowest BCUT2D eigenvalue weighted by molar-refractivity contribution is -0.128. The largest absolute Gasteiger partial charge is 0.351 e. The van der Waals surface area contributed by atoms with Crippen molar-refractivity contribution in [2.45, 2.75) is 45.2 Å². The van der Waals surface area contributed by atoms with Crippen molar-refractivity contribution >= 4 is 23.5 Å². The summed E-state index contributed by atoms with van der Waals surface area (Å²) in [6.45, 7) is 4.38. The van der Waals surface area contributed by atoms with E-state index in [1.807, 2.05) is 31.2 Å². The molecule has 0 aliphatic carbocycles. The Morgan fingerprint density at radius 3 is 2.25 bits per heavy atom. The number of carbonyl (C=O) groups excluding carboxylic acids is 3. The first-order chi connectivity index (χ1) is 15.3. The third-order valence-corrected chi connectivity index (χ3v) is 5.48. The van der Waals surface area contributed by atoms with E-state index in [4.69, 9.17) is 0 Å². The van der Waals surface area contributed by atoms with E-state index < -0.39 is 6.04 Å². The number of piperidine rings is 1. The molecule has 1 saturated heterocycles. The number of hydrogen-bond acceptors (Lipinski definition) is 3. The fourth-order valence-electron chi connectivity index (χ4n) is 3.68. The predicted octanol–water partition coefficient (Wildman–Crippen LogP) is 2.99. The lowest BCUT2D eigenvalue weighted by atomic mass is 10.0. The van der Waals surface area contributed by atoms with Gasteiger partial charge >= 0.3 is 6.03 Å². The van der Waals surface area contributed by atoms with Crippen LogP contribution in [0.4, 0.5) is 14.9 Å². The van der Waals surface area contributed by atoms with Gasteiger partial charge in [0.05, 0.1) is 0 Å². The van der Waals surface area contributed by atoms with Gasteiger partial charge in [-0.3, -0.25) is 9.59 Å². The molecule has 3 N–H and O–H groups in total. The van der Waals surface area contributed by atoms with Crippen LogP contribution in [0.2, 0.25) is 0 Å². The van der Waals surface area contributed by atoms with Crippen molar-refractivity contribution in [2.75, 3.05) is 18.4 Å². The second-order valence-corrected chi connectivity index (χ2v) is 8.15. The van der Waals surface area contributed by atoms with Gasteiger partial charge in [0, 0.05) is 38.2 Å². The average Bonchev–Trinajstić information content (AvgIpc) is 2.76. The average molecular weight is 441 g/mol. The molecule has 8 heteroatoms. The van der Waals surface area contributed by atoms with Crippen molar-refractivity contribution in [3.8, 4) is 0 Å². The van der Waals surface area contributed by atoms with Crippen LogP contribution in [0.15, 0.2) is 48.5 Å². The molecule has 0 saturated carbocycles. The maximum absolute atomic E-state index is 13.1. The van der Waals surface area contributed by atoms with Crippen LogP contribution in [-0.2, 0) is 16.0 Å². The highest BCUT2D eigenvalue weighted by Crippen LogP contribution is 2.15. The minimum absolute atomic E-state index is 0.0876. The number of nitrogens with zero attached hydrogens (tertiary/aromatic N) is 1. The lowest BCUT2D eigenvalue weighted by Gasteiger charge is -2.33. The van der Waals surface area contributed by atoms with E-state index in [1.165, 1.54) is 19.1 Å². The van der Waals surface area contributed by atoms with E-state index in [9.17, 15) is 18.8 Å². The summed E-state index contributed by atoms with van der Waals surface area (Å²) in [5.41, 5.74) is 2.62. The third kappa shape index (κ3) is 6.80. The minimum atomic E-state index is -0.749. The smallest absolute Gasteiger partial charge is 0.321 e. The van der Waals surface area contributed by atoms with Gasteiger partial charge in [-0.2, -0.15) is 0 Å². The highest BCUT2D eigenvalue weighted by Gasteiger charge is 2.27. The number of likely N-dealkylation sites (tertiary alicyclic amines) is 1. The first-order valence-electron chi connectivity index (χ1n) is 10.7. The number of aryl methyl sites for hydroxylation is 1. The Balaban J connectivity index is 1.50. The molecule has 2 aromatic rings. The molecule has 0 aromatic heterocycles. The third-order valence-electron chi connectivity index (χ3n) is 5.48. The van der Waals surface area contributed by atoms with Crippen molar-refractivity contribution in [3.63, 3.8) is 0 Å². The number of halogens is 1. The van der Waals surface area contributed by atoms with E-state index in [0.29, 0.717) is 25.9 Å². The summed E-state index contributed by atoms with van der Waals surface area (Å²) in [4.78, 5) is 38.6. The maximum Gasteiger partial charge on any atom is 0.321 e. The molecule has 1 fully saturated rings. The zero-order chi connectivity index (χ0) is 23.1. The number of benzene rings is 2. The lowest BCUT2D eigenvalue weighted by Crippen LogP contribution is -2.53. The summed E-state index contributed by atoms with van der Waals surface area (Å²) in [6, 6.07) is 12.5. The monoisotopic (exact) mass is 440 g/mol. The zero-order valence-corrected chi connectivity index (χ0v) is 18.4. The van der Waals surface area contributed by atoms with Crippen molar-refractivity contribution < 1.29 is 18.8 Å². The fourth-order valence-corrected chi connectivity index (χ4v) is 3.68. The van der Waals surface area contributed by atoms with E-state index in [0.717, 1.165) is 16.8 Å². The molecule has 0 bridgehead atoms. The molecule has 170 valence electrons. The molecular formula is C24H29FN4O3. The van der Waals surface area contributed by atoms with Gasteiger partial charge in [0.2, 0.25) is 11.8 Å². The van der Waals surface area contributed by atoms with Crippen LogP contribution in [0.25, 0.3) is 0 Å². The molecule has 0 radical (unpaired) electrons. The minimum Gasteiger partial charge on any atom is -0.351 e. The molecule has 0 spiro atoms. The van der Waals surface area contributed by atoms with Gasteiger partial charge in [-0.25, -0.2) is 9.18 Å². The topological polar surface area (TPSA) is 90.5 Å². The normalized spacial score (nSPS) is 15.0. The standard InChI is InChI=1S/C24H29FN4O3/c1-16-3-9-20(10-4-16)28-24(32)29-13-11-21(12-14-29)27-23(31)22(26-17(2)30)15-18-5-7-19(25)8-6-18/h3-10,21-22H,11-15H2,1-2H3,(H,26,30)(H,27,31)(H,28,32)/t22-/m0/s1. The van der Waals surface area contributed by atoms with E-state index in [2.05, 4.69) is 16.0 Å². The molecule has 1 aliphatic rings. The molecule has 0 unspecified atom stereocenters. The number of rotatable bonds is 6. The van der Waals surface area contributed by atoms with Crippen LogP contribution >= 0.6 is 0 Å². The van der Waals surface area contributed by atoms with Gasteiger partial charge in [-0.05, 0) is 49.6 Å². The second kappa shape index (κ2) is 10.7. The van der Waals surface area contributed by atoms with Crippen LogP contribution in [0.1, 0.15) is 30.9 Å². The van der Waals surface area contributed by atoms with Crippen LogP contribution in [0, 0.1) is 12.7 Å². The summed E-state index contributed by atoms with van der Waals surface area (Å²) < 4.78 is 13.1. The first-order valence-corrected chi connectivity index (χ1v) is 10.7. The zero-order valence-electron chi connectivity index (χ0n) is 18.4. The molecule has 1 aliphatic heterocycles. The highest BCUT2D eigenvalue weighted by atomic mass is 19.1. The highest BCUT2D eigenvalue weighted by molar-refractivity contribution is 5.89. The number of anilines is 1. The van der Waals surface area contributed by atoms with Crippen LogP contribution in [-0.4, -0.2) is 47.9 Å². The number of amides is 4. The van der Waals surface area contributed by atoms with Gasteiger partial charge in [0.25, 0.3) is 0 Å². The Bertz CT molecular complexity index is 939. The molecule has 2 aromatic carbocycles. The molecule has 3 rings (SSSR count). The van der Waals surface area contributed by atoms with E-state index in [1.54, 1.807) is 17.0 Å². The number of carbonyl (C=O) groups is 3. The van der Waals surface area contributed by atoms with Crippen molar-refractivity contribution in [2.24, 2.45) is 0 Å². The Morgan fingerprint density at radius 1 is 1.03 bits per heavy atom. The summed E-state index contributed by atoms with van der Waals surface area (Å²) in [7, 11) is 0. The van der Waals surface area contributed by atoms with Crippen LogP contribution in [0.3, 0.4) is 0 Å². The molecule has 32 heavy (non-hydrogen) atoms. The van der Waals surface area contributed by atoms with E-state index in [-0.39, 0.29) is 36.1 Å². The van der Waals surface area contributed by atoms with Gasteiger partial charge in [0.1, 0.15) is 11.9 Å². The Morgan fingerprint density at radius 2 is 1.66 bits per heavy atom. The van der Waals surface area contributed by atoms with Gasteiger partial charge in [-0.1, -0.05) is 29.8 Å². The number of hydrogen-bond donors (Lipinski definition) is 3. The number of urea groups is 1. The van der Waals surface area contributed by atoms with Crippen LogP contribution in [0.5, 0.6) is 0 Å². The quantitative estimate of drug-likeness (QED) is 0.645. The van der Waals surface area contributed by atoms with Crippen molar-refractivity contribution in [1.82, 2.24) is 15.5 Å². The molecular weight excluding hydrogens is 411 g/mol. The van der Waals surface area contributed by atoms with Crippen molar-refractivity contribution in [1.29, 1.82) is 0 Å². The Kier molecular flexibility index (Phi) is 7.81. The fraction of sp³-hybridized carbons (Fsp3) is 0.375. The number of nitrogens with one attached hydrogen (secondary N) is 3. The molecule has 1 atom stereocenters.